The number of hydrogen-bond donors (Lipinski definition) is 2. The lowest BCUT2D eigenvalue weighted by molar-refractivity contribution is 0.556. The van der Waals surface area contributed by atoms with Gasteiger partial charge in [0.25, 0.3) is 0 Å². The van der Waals surface area contributed by atoms with Crippen LogP contribution in [0.25, 0.3) is 88.6 Å². The van der Waals surface area contributed by atoms with Crippen LogP contribution in [0, 0.1) is 47.4 Å². The van der Waals surface area contributed by atoms with Gasteiger partial charge >= 0.3 is 0 Å². The van der Waals surface area contributed by atoms with Gasteiger partial charge in [0.2, 0.25) is 0 Å². The minimum absolute atomic E-state index is 0.857. The predicted octanol–water partition coefficient (Wildman–Crippen LogP) is 32.7. The monoisotopic (exact) mass is 1580 g/mol. The Labute approximate surface area is 722 Å². The minimum atomic E-state index is 0.857. The molecule has 8 aromatic carbocycles. The average Bonchev–Trinajstić information content (AvgIpc) is 1.60. The third-order valence-corrected chi connectivity index (χ3v) is 25.0. The summed E-state index contributed by atoms with van der Waals surface area (Å²) in [4.78, 5) is 19.3. The van der Waals surface area contributed by atoms with E-state index in [0.29, 0.717) is 0 Å². The molecule has 0 spiro atoms. The summed E-state index contributed by atoms with van der Waals surface area (Å²) in [5.41, 5.74) is 24.7. The molecule has 13 rings (SSSR count). The number of fused-ring (bicyclic) bond motifs is 20. The van der Waals surface area contributed by atoms with Crippen molar-refractivity contribution in [3.8, 4) is 92.4 Å². The molecule has 0 radical (unpaired) electrons. The summed E-state index contributed by atoms with van der Waals surface area (Å²) in [6.07, 6.45) is 58.3. The molecule has 5 heterocycles. The third kappa shape index (κ3) is 26.8. The normalized spacial score (nSPS) is 11.4. The quantitative estimate of drug-likeness (QED) is 0.0295. The molecule has 4 nitrogen and oxygen atoms in total. The minimum Gasteiger partial charge on any atom is -0.354 e. The molecule has 0 aliphatic carbocycles. The van der Waals surface area contributed by atoms with Crippen molar-refractivity contribution in [1.29, 1.82) is 0 Å². The van der Waals surface area contributed by atoms with Gasteiger partial charge in [-0.3, -0.25) is 0 Å². The molecule has 3 aromatic heterocycles. The molecule has 120 heavy (non-hydrogen) atoms. The lowest BCUT2D eigenvalue weighted by atomic mass is 10.00. The molecule has 0 saturated carbocycles. The number of unbranched alkanes of at least 4 members (excludes halogenated alkanes) is 36. The standard InChI is InChI=1S/C116H134N4/c1-5-9-13-17-21-25-29-33-37-41-45-89-49-57-93(58-50-89)65-69-97-73-77-101-105(81-97)113-85-110-102-78-74-98(70-66-94-59-51-90(52-60-94)46-42-38-34-30-26-22-18-14-10-6-2)82-106(102)115(118-110)87-112-104-80-76-100(72-68-96-63-55-92(56-64-96)48-44-40-36-32-28-24-20-16-12-8-4)84-108(104)116(120-112)88-111-103-79-75-99(83-107(103)114(119-111)86-109(101)117-113)71-67-95-61-53-91(54-62-95)47-43-39-35-31-27-23-19-15-11-7-3/h49-64,73-88,117,120H,5-48H2,1-4H3. The maximum atomic E-state index is 5.65. The van der Waals surface area contributed by atoms with E-state index in [0.717, 1.165) is 159 Å². The van der Waals surface area contributed by atoms with Gasteiger partial charge in [-0.2, -0.15) is 0 Å². The van der Waals surface area contributed by atoms with Crippen LogP contribution in [0.1, 0.15) is 351 Å². The van der Waals surface area contributed by atoms with Crippen molar-refractivity contribution in [2.24, 2.45) is 0 Å². The number of rotatable bonds is 44. The second-order valence-corrected chi connectivity index (χ2v) is 34.8. The Morgan fingerprint density at radius 3 is 0.642 bits per heavy atom. The van der Waals surface area contributed by atoms with E-state index in [4.69, 9.17) is 9.97 Å². The van der Waals surface area contributed by atoms with Crippen LogP contribution in [-0.4, -0.2) is 19.9 Å². The van der Waals surface area contributed by atoms with Gasteiger partial charge in [-0.1, -0.05) is 379 Å². The Bertz CT molecular complexity index is 5170. The van der Waals surface area contributed by atoms with Crippen molar-refractivity contribution < 1.29 is 0 Å². The Balaban J connectivity index is 0.837. The SMILES string of the molecule is CCCCCCCCCCCCc1ccc(C#Cc2ccc3c(c2)-c2cc4[nH]c(cc5nc(cc6[nH]c(cc-3n2)c2cc(C#Cc3ccc(CCCCCCCCCCCC)cc3)ccc62)-c2cc(C#Cc3ccc(CCCCCCCCCCCC)cc3)ccc2-5)c2cc(C#Cc3ccc(CCCCCCCCCCCC)cc3)ccc42)cc1. The Morgan fingerprint density at radius 1 is 0.183 bits per heavy atom. The number of nitrogens with zero attached hydrogens (tertiary/aromatic N) is 2. The van der Waals surface area contributed by atoms with Gasteiger partial charge in [-0.15, -0.1) is 0 Å². The second kappa shape index (κ2) is 48.2. The van der Waals surface area contributed by atoms with E-state index in [1.165, 1.54) is 279 Å². The smallest absolute Gasteiger partial charge is 0.0737 e. The molecule has 2 aliphatic rings. The molecule has 2 N–H and O–H groups in total. The maximum absolute atomic E-state index is 5.65. The van der Waals surface area contributed by atoms with E-state index in [2.05, 4.69) is 279 Å². The van der Waals surface area contributed by atoms with Crippen LogP contribution in [0.2, 0.25) is 0 Å². The highest BCUT2D eigenvalue weighted by molar-refractivity contribution is 6.11. The average molecular weight is 1580 g/mol. The highest BCUT2D eigenvalue weighted by Crippen LogP contribution is 2.42. The molecule has 11 aromatic rings. The fourth-order valence-electron chi connectivity index (χ4n) is 17.6. The van der Waals surface area contributed by atoms with Gasteiger partial charge < -0.3 is 9.97 Å². The van der Waals surface area contributed by atoms with Crippen LogP contribution < -0.4 is 0 Å². The third-order valence-electron chi connectivity index (χ3n) is 25.0. The van der Waals surface area contributed by atoms with Gasteiger partial charge in [0.05, 0.1) is 22.8 Å². The van der Waals surface area contributed by atoms with Crippen LogP contribution in [-0.2, 0) is 25.7 Å². The first-order valence-corrected chi connectivity index (χ1v) is 47.7. The number of aryl methyl sites for hydroxylation is 4. The number of benzene rings is 8. The Morgan fingerprint density at radius 2 is 0.383 bits per heavy atom. The van der Waals surface area contributed by atoms with E-state index >= 15 is 0 Å². The van der Waals surface area contributed by atoms with Crippen LogP contribution in [0.15, 0.2) is 194 Å². The second-order valence-electron chi connectivity index (χ2n) is 34.8. The lowest BCUT2D eigenvalue weighted by Crippen LogP contribution is -1.87. The summed E-state index contributed by atoms with van der Waals surface area (Å²) in [5, 5.41) is 4.26. The topological polar surface area (TPSA) is 57.4 Å². The van der Waals surface area contributed by atoms with Crippen molar-refractivity contribution in [3.05, 3.63) is 261 Å². The molecule has 0 saturated heterocycles. The summed E-state index contributed by atoms with van der Waals surface area (Å²) in [6, 6.07) is 71.3. The van der Waals surface area contributed by atoms with E-state index in [-0.39, 0.29) is 0 Å². The summed E-state index contributed by atoms with van der Waals surface area (Å²) in [5.74, 6) is 28.6. The first kappa shape index (κ1) is 87.5. The van der Waals surface area contributed by atoms with Crippen LogP contribution in [0.3, 0.4) is 0 Å². The van der Waals surface area contributed by atoms with Crippen LogP contribution in [0.4, 0.5) is 0 Å². The van der Waals surface area contributed by atoms with Crippen molar-refractivity contribution in [2.45, 2.75) is 310 Å². The first-order valence-electron chi connectivity index (χ1n) is 47.7. The van der Waals surface area contributed by atoms with Crippen LogP contribution >= 0.6 is 0 Å². The Hall–Kier alpha value is -10.4. The van der Waals surface area contributed by atoms with Crippen LogP contribution in [0.5, 0.6) is 0 Å². The summed E-state index contributed by atoms with van der Waals surface area (Å²) < 4.78 is 0. The van der Waals surface area contributed by atoms with Crippen molar-refractivity contribution in [3.63, 3.8) is 0 Å². The molecule has 0 fully saturated rings. The fourth-order valence-corrected chi connectivity index (χ4v) is 17.6. The molecular weight excluding hydrogens is 1450 g/mol. The van der Waals surface area contributed by atoms with E-state index < -0.39 is 0 Å². The molecular formula is C116H134N4. The molecule has 2 aliphatic heterocycles. The Kier molecular flexibility index (Phi) is 35.1. The van der Waals surface area contributed by atoms with Gasteiger partial charge in [-0.25, -0.2) is 9.97 Å². The zero-order chi connectivity index (χ0) is 82.4. The highest BCUT2D eigenvalue weighted by Gasteiger charge is 2.22. The maximum Gasteiger partial charge on any atom is 0.0737 e. The first-order chi connectivity index (χ1) is 59.3. The molecule has 618 valence electrons. The highest BCUT2D eigenvalue weighted by atomic mass is 14.8. The largest absolute Gasteiger partial charge is 0.354 e. The van der Waals surface area contributed by atoms with Gasteiger partial charge in [0.15, 0.2) is 0 Å². The summed E-state index contributed by atoms with van der Waals surface area (Å²) in [7, 11) is 0. The fraction of sp³-hybridized carbons (Fsp3) is 0.414. The number of aromatic nitrogens is 4. The van der Waals surface area contributed by atoms with Gasteiger partial charge in [0, 0.05) is 110 Å². The predicted molar refractivity (Wildman–Crippen MR) is 517 cm³/mol. The van der Waals surface area contributed by atoms with Crippen molar-refractivity contribution in [2.75, 3.05) is 0 Å². The summed E-state index contributed by atoms with van der Waals surface area (Å²) >= 11 is 0. The zero-order valence-corrected chi connectivity index (χ0v) is 73.5. The van der Waals surface area contributed by atoms with E-state index in [1.54, 1.807) is 0 Å². The van der Waals surface area contributed by atoms with Crippen molar-refractivity contribution in [1.82, 2.24) is 19.9 Å². The number of hydrogen-bond acceptors (Lipinski definition) is 2. The zero-order valence-electron chi connectivity index (χ0n) is 73.5. The van der Waals surface area contributed by atoms with Gasteiger partial charge in [0.1, 0.15) is 0 Å². The number of nitrogens with one attached hydrogen (secondary N) is 2. The van der Waals surface area contributed by atoms with E-state index in [9.17, 15) is 0 Å². The summed E-state index contributed by atoms with van der Waals surface area (Å²) in [6.45, 7) is 9.19. The van der Waals surface area contributed by atoms with Gasteiger partial charge in [-0.05, 0) is 195 Å². The number of aromatic amines is 2. The lowest BCUT2D eigenvalue weighted by Gasteiger charge is -2.03. The number of H-pyrrole nitrogens is 2. The van der Waals surface area contributed by atoms with Crippen molar-refractivity contribution >= 4 is 43.6 Å². The molecule has 0 atom stereocenters. The molecule has 0 unspecified atom stereocenters. The molecule has 4 heteroatoms. The van der Waals surface area contributed by atoms with E-state index in [1.807, 2.05) is 0 Å². The molecule has 0 amide bonds. The molecule has 8 bridgehead atoms.